The van der Waals surface area contributed by atoms with E-state index in [-0.39, 0.29) is 28.3 Å². The third-order valence-corrected chi connectivity index (χ3v) is 22.0. The van der Waals surface area contributed by atoms with E-state index in [0.29, 0.717) is 11.3 Å². The second-order valence-electron chi connectivity index (χ2n) is 13.8. The highest BCUT2D eigenvalue weighted by molar-refractivity contribution is 8.01. The van der Waals surface area contributed by atoms with Crippen LogP contribution in [-0.4, -0.2) is 62.8 Å². The number of methoxy groups -OCH3 is 1. The second-order valence-corrected chi connectivity index (χ2v) is 24.1. The summed E-state index contributed by atoms with van der Waals surface area (Å²) in [6, 6.07) is 8.08. The van der Waals surface area contributed by atoms with Gasteiger partial charge in [0.25, 0.3) is 5.56 Å². The van der Waals surface area contributed by atoms with E-state index < -0.39 is 56.7 Å². The van der Waals surface area contributed by atoms with Gasteiger partial charge in [-0.05, 0) is 65.7 Å². The van der Waals surface area contributed by atoms with Crippen molar-refractivity contribution >= 4 is 34.9 Å². The number of ether oxygens (including phenoxy) is 2. The van der Waals surface area contributed by atoms with Crippen LogP contribution < -0.4 is 16.0 Å². The lowest BCUT2D eigenvalue weighted by Gasteiger charge is -2.55. The maximum atomic E-state index is 13.8. The minimum absolute atomic E-state index is 0.0678. The number of carbonyl (C=O) groups is 1. The highest BCUT2D eigenvalue weighted by atomic mass is 32.2. The van der Waals surface area contributed by atoms with E-state index in [1.807, 2.05) is 0 Å². The summed E-state index contributed by atoms with van der Waals surface area (Å²) in [6.07, 6.45) is 2.29. The molecule has 0 amide bonds. The lowest BCUT2D eigenvalue weighted by atomic mass is 9.93. The minimum Gasteiger partial charge on any atom is -0.497 e. The molecule has 3 aliphatic rings. The van der Waals surface area contributed by atoms with E-state index in [0.717, 1.165) is 19.3 Å². The summed E-state index contributed by atoms with van der Waals surface area (Å²) in [6.45, 7) is 17.5. The maximum Gasteiger partial charge on any atom is 0.338 e. The molecule has 13 heteroatoms. The predicted octanol–water partition coefficient (Wildman–Crippen LogP) is 6.26. The number of nitrogens with zero attached hydrogens (tertiary/aromatic N) is 1. The summed E-state index contributed by atoms with van der Waals surface area (Å²) >= 11 is 1.59. The van der Waals surface area contributed by atoms with E-state index in [1.54, 1.807) is 43.1 Å². The number of hydrogen-bond acceptors (Lipinski definition) is 9. The molecular formula is C32H48N2O8SSi2. The maximum absolute atomic E-state index is 13.8. The second kappa shape index (κ2) is 12.8. The van der Waals surface area contributed by atoms with Crippen LogP contribution in [0.5, 0.6) is 5.75 Å². The molecule has 0 bridgehead atoms. The van der Waals surface area contributed by atoms with Crippen LogP contribution in [0.1, 0.15) is 90.4 Å². The first-order valence-corrected chi connectivity index (χ1v) is 20.9. The van der Waals surface area contributed by atoms with Crippen LogP contribution in [0.4, 0.5) is 0 Å². The van der Waals surface area contributed by atoms with Crippen molar-refractivity contribution in [1.29, 1.82) is 0 Å². The molecule has 1 aliphatic carbocycles. The Morgan fingerprint density at radius 3 is 2.11 bits per heavy atom. The van der Waals surface area contributed by atoms with Crippen molar-refractivity contribution in [2.45, 2.75) is 125 Å². The van der Waals surface area contributed by atoms with Crippen LogP contribution >= 0.6 is 11.8 Å². The molecule has 5 atom stereocenters. The number of carbonyl (C=O) groups excluding carboxylic acids is 1. The van der Waals surface area contributed by atoms with E-state index in [2.05, 4.69) is 60.4 Å². The first kappa shape index (κ1) is 34.2. The smallest absolute Gasteiger partial charge is 0.338 e. The normalized spacial score (nSPS) is 29.0. The molecule has 1 aromatic carbocycles. The predicted molar refractivity (Wildman–Crippen MR) is 179 cm³/mol. The van der Waals surface area contributed by atoms with Crippen LogP contribution in [0.2, 0.25) is 22.2 Å². The highest BCUT2D eigenvalue weighted by Gasteiger charge is 2.70. The fourth-order valence-corrected chi connectivity index (χ4v) is 21.0. The zero-order valence-electron chi connectivity index (χ0n) is 27.8. The third kappa shape index (κ3) is 5.82. The van der Waals surface area contributed by atoms with Gasteiger partial charge in [-0.1, -0.05) is 55.4 Å². The lowest BCUT2D eigenvalue weighted by molar-refractivity contribution is -0.0591. The van der Waals surface area contributed by atoms with Gasteiger partial charge in [-0.15, -0.1) is 11.8 Å². The molecule has 5 rings (SSSR count). The average molecular weight is 677 g/mol. The number of H-pyrrole nitrogens is 1. The fourth-order valence-electron chi connectivity index (χ4n) is 7.49. The van der Waals surface area contributed by atoms with Crippen LogP contribution in [0, 0.1) is 0 Å². The van der Waals surface area contributed by atoms with E-state index >= 15 is 0 Å². The molecular weight excluding hydrogens is 629 g/mol. The van der Waals surface area contributed by atoms with Gasteiger partial charge in [0.15, 0.2) is 6.10 Å². The summed E-state index contributed by atoms with van der Waals surface area (Å²) in [5.74, 6) is 0.0953. The molecule has 1 aromatic heterocycles. The van der Waals surface area contributed by atoms with Crippen molar-refractivity contribution in [3.05, 3.63) is 62.9 Å². The van der Waals surface area contributed by atoms with Crippen LogP contribution in [0.25, 0.3) is 0 Å². The Labute approximate surface area is 272 Å². The molecule has 10 nitrogen and oxygen atoms in total. The Balaban J connectivity index is 1.70. The standard InChI is InChI=1S/C32H48N2O8SSi2/c1-19(2)44(20(3)4)40-25-11-10-17-32(25)28(41-45(42-44,21(5)6)22(7)8)27(29(43-32)34-18-16-26(35)33-31(34)37)39-30(36)23-12-14-24(38-9)15-13-23/h12-16,18-22,25,27-29H,10-11,17H2,1-9H3,(H,33,35,37)/t25-,27-,28+,29-,32?/m1/s1. The topological polar surface area (TPSA) is 118 Å². The molecule has 0 radical (unpaired) electrons. The molecule has 1 saturated carbocycles. The van der Waals surface area contributed by atoms with Crippen molar-refractivity contribution < 1.29 is 27.2 Å². The number of nitrogens with one attached hydrogen (secondary N) is 1. The number of aromatic amines is 1. The van der Waals surface area contributed by atoms with Gasteiger partial charge >= 0.3 is 28.8 Å². The molecule has 1 N–H and O–H groups in total. The van der Waals surface area contributed by atoms with E-state index in [1.165, 1.54) is 16.8 Å². The van der Waals surface area contributed by atoms with Gasteiger partial charge in [0.1, 0.15) is 17.2 Å². The van der Waals surface area contributed by atoms with Gasteiger partial charge in [-0.3, -0.25) is 14.3 Å². The van der Waals surface area contributed by atoms with Gasteiger partial charge in [-0.2, -0.15) is 0 Å². The Kier molecular flexibility index (Phi) is 9.72. The van der Waals surface area contributed by atoms with Crippen molar-refractivity contribution in [2.75, 3.05) is 7.11 Å². The highest BCUT2D eigenvalue weighted by Crippen LogP contribution is 2.63. The number of rotatable bonds is 8. The zero-order valence-corrected chi connectivity index (χ0v) is 30.6. The lowest BCUT2D eigenvalue weighted by Crippen LogP contribution is -2.69. The van der Waals surface area contributed by atoms with Gasteiger partial charge in [-0.25, -0.2) is 9.59 Å². The summed E-state index contributed by atoms with van der Waals surface area (Å²) in [7, 11) is -4.41. The monoisotopic (exact) mass is 676 g/mol. The van der Waals surface area contributed by atoms with Gasteiger partial charge < -0.3 is 22.4 Å². The number of benzene rings is 1. The number of aromatic nitrogens is 2. The van der Waals surface area contributed by atoms with Crippen molar-refractivity contribution in [3.8, 4) is 5.75 Å². The van der Waals surface area contributed by atoms with Gasteiger partial charge in [0.2, 0.25) is 0 Å². The molecule has 1 spiro atoms. The minimum atomic E-state index is -3.10. The first-order valence-electron chi connectivity index (χ1n) is 16.1. The Hall–Kier alpha value is -2.17. The number of thioether (sulfide) groups is 1. The average Bonchev–Trinajstić information content (AvgIpc) is 3.49. The third-order valence-electron chi connectivity index (χ3n) is 9.85. The summed E-state index contributed by atoms with van der Waals surface area (Å²) < 4.78 is 35.1. The molecule has 3 heterocycles. The SMILES string of the molecule is COc1ccc(C(=O)O[C@H]2[C@H](n3ccc(=O)[nH]c3=O)SC34CCC[C@H]3O[Si](C(C)C)(C(C)C)O[Si](C(C)C)(C(C)C)O[C@@H]24)cc1. The quantitative estimate of drug-likeness (QED) is 0.255. The van der Waals surface area contributed by atoms with Gasteiger partial charge in [0.05, 0.1) is 23.5 Å². The number of esters is 1. The molecule has 3 fully saturated rings. The van der Waals surface area contributed by atoms with Crippen LogP contribution in [0.15, 0.2) is 46.1 Å². The van der Waals surface area contributed by atoms with Crippen molar-refractivity contribution in [3.63, 3.8) is 0 Å². The summed E-state index contributed by atoms with van der Waals surface area (Å²) in [5.41, 5.74) is -0.209. The molecule has 2 aromatic rings. The summed E-state index contributed by atoms with van der Waals surface area (Å²) in [4.78, 5) is 41.6. The molecule has 248 valence electrons. The van der Waals surface area contributed by atoms with Crippen molar-refractivity contribution in [1.82, 2.24) is 9.55 Å². The Bertz CT molecular complexity index is 1480. The molecule has 2 aliphatic heterocycles. The van der Waals surface area contributed by atoms with E-state index in [4.69, 9.17) is 22.4 Å². The molecule has 1 unspecified atom stereocenters. The van der Waals surface area contributed by atoms with Crippen molar-refractivity contribution in [2.24, 2.45) is 0 Å². The molecule has 45 heavy (non-hydrogen) atoms. The first-order chi connectivity index (χ1) is 21.2. The Morgan fingerprint density at radius 1 is 0.956 bits per heavy atom. The van der Waals surface area contributed by atoms with Crippen LogP contribution in [0.3, 0.4) is 0 Å². The Morgan fingerprint density at radius 2 is 1.56 bits per heavy atom. The summed E-state index contributed by atoms with van der Waals surface area (Å²) in [5, 5.41) is -0.663. The fraction of sp³-hybridized carbons (Fsp3) is 0.656. The van der Waals surface area contributed by atoms with Crippen LogP contribution in [-0.2, 0) is 17.7 Å². The zero-order chi connectivity index (χ0) is 32.9. The van der Waals surface area contributed by atoms with Gasteiger partial charge in [0, 0.05) is 12.3 Å². The largest absolute Gasteiger partial charge is 0.497 e. The number of hydrogen-bond donors (Lipinski definition) is 1. The molecule has 2 saturated heterocycles. The van der Waals surface area contributed by atoms with E-state index in [9.17, 15) is 14.4 Å².